The van der Waals surface area contributed by atoms with Gasteiger partial charge in [0.25, 0.3) is 5.91 Å². The highest BCUT2D eigenvalue weighted by Gasteiger charge is 2.05. The van der Waals surface area contributed by atoms with Gasteiger partial charge in [0, 0.05) is 18.9 Å². The molecule has 0 spiro atoms. The molecule has 5 nitrogen and oxygen atoms in total. The molecule has 2 rings (SSSR count). The second-order valence-electron chi connectivity index (χ2n) is 3.67. The maximum absolute atomic E-state index is 11.4. The molecule has 5 heteroatoms. The van der Waals surface area contributed by atoms with E-state index in [1.54, 1.807) is 16.9 Å². The van der Waals surface area contributed by atoms with E-state index in [4.69, 9.17) is 4.74 Å². The molecule has 1 aromatic carbocycles. The Kier molecular flexibility index (Phi) is 4.09. The summed E-state index contributed by atoms with van der Waals surface area (Å²) in [5, 5.41) is 6.93. The standard InChI is InChI=1S/C13H15N3O2/c1-2-18-10-13(17)14-12-8-9-16(15-12)11-6-4-3-5-7-11/h3-9H,2,10H2,1H3,(H,14,15,17). The summed E-state index contributed by atoms with van der Waals surface area (Å²) in [6.45, 7) is 2.41. The molecule has 0 saturated carbocycles. The molecular formula is C13H15N3O2. The summed E-state index contributed by atoms with van der Waals surface area (Å²) in [6, 6.07) is 11.4. The highest BCUT2D eigenvalue weighted by atomic mass is 16.5. The van der Waals surface area contributed by atoms with Gasteiger partial charge in [0.15, 0.2) is 5.82 Å². The summed E-state index contributed by atoms with van der Waals surface area (Å²) < 4.78 is 6.72. The number of nitrogens with one attached hydrogen (secondary N) is 1. The van der Waals surface area contributed by atoms with Crippen molar-refractivity contribution in [1.29, 1.82) is 0 Å². The predicted molar refractivity (Wildman–Crippen MR) is 68.7 cm³/mol. The quantitative estimate of drug-likeness (QED) is 0.874. The number of anilines is 1. The van der Waals surface area contributed by atoms with Crippen molar-refractivity contribution < 1.29 is 9.53 Å². The molecule has 18 heavy (non-hydrogen) atoms. The molecular weight excluding hydrogens is 230 g/mol. The van der Waals surface area contributed by atoms with Crippen molar-refractivity contribution in [3.05, 3.63) is 42.6 Å². The number of carbonyl (C=O) groups excluding carboxylic acids is 1. The minimum atomic E-state index is -0.199. The van der Waals surface area contributed by atoms with Crippen LogP contribution in [0.15, 0.2) is 42.6 Å². The zero-order chi connectivity index (χ0) is 12.8. The molecule has 0 aliphatic heterocycles. The number of nitrogens with zero attached hydrogens (tertiary/aromatic N) is 2. The zero-order valence-corrected chi connectivity index (χ0v) is 10.2. The van der Waals surface area contributed by atoms with Crippen molar-refractivity contribution in [2.75, 3.05) is 18.5 Å². The molecule has 0 bridgehead atoms. The summed E-state index contributed by atoms with van der Waals surface area (Å²) >= 11 is 0. The number of rotatable bonds is 5. The van der Waals surface area contributed by atoms with Gasteiger partial charge in [0.1, 0.15) is 6.61 Å². The van der Waals surface area contributed by atoms with E-state index >= 15 is 0 Å². The summed E-state index contributed by atoms with van der Waals surface area (Å²) in [6.07, 6.45) is 1.80. The zero-order valence-electron chi connectivity index (χ0n) is 10.2. The van der Waals surface area contributed by atoms with Gasteiger partial charge >= 0.3 is 0 Å². The highest BCUT2D eigenvalue weighted by molar-refractivity contribution is 5.90. The van der Waals surface area contributed by atoms with Gasteiger partial charge < -0.3 is 10.1 Å². The van der Waals surface area contributed by atoms with Crippen LogP contribution in [0.2, 0.25) is 0 Å². The first-order valence-electron chi connectivity index (χ1n) is 5.78. The topological polar surface area (TPSA) is 56.1 Å². The van der Waals surface area contributed by atoms with Gasteiger partial charge in [-0.1, -0.05) is 18.2 Å². The van der Waals surface area contributed by atoms with Crippen LogP contribution in [0.5, 0.6) is 0 Å². The molecule has 0 aliphatic carbocycles. The molecule has 1 aromatic heterocycles. The maximum atomic E-state index is 11.4. The molecule has 94 valence electrons. The van der Waals surface area contributed by atoms with E-state index in [-0.39, 0.29) is 12.5 Å². The Hall–Kier alpha value is -2.14. The van der Waals surface area contributed by atoms with Gasteiger partial charge in [-0.2, -0.15) is 5.10 Å². The Morgan fingerprint density at radius 1 is 1.33 bits per heavy atom. The largest absolute Gasteiger partial charge is 0.372 e. The fourth-order valence-corrected chi connectivity index (χ4v) is 1.49. The Labute approximate surface area is 105 Å². The number of hydrogen-bond donors (Lipinski definition) is 1. The van der Waals surface area contributed by atoms with Crippen molar-refractivity contribution in [3.63, 3.8) is 0 Å². The fourth-order valence-electron chi connectivity index (χ4n) is 1.49. The lowest BCUT2D eigenvalue weighted by Gasteiger charge is -2.02. The first kappa shape index (κ1) is 12.3. The van der Waals surface area contributed by atoms with Crippen LogP contribution in [0.4, 0.5) is 5.82 Å². The monoisotopic (exact) mass is 245 g/mol. The summed E-state index contributed by atoms with van der Waals surface area (Å²) in [4.78, 5) is 11.4. The SMILES string of the molecule is CCOCC(=O)Nc1ccn(-c2ccccc2)n1. The molecule has 1 amide bonds. The molecule has 1 heterocycles. The van der Waals surface area contributed by atoms with Gasteiger partial charge in [0.2, 0.25) is 0 Å². The van der Waals surface area contributed by atoms with E-state index in [1.165, 1.54) is 0 Å². The van der Waals surface area contributed by atoms with Gasteiger partial charge in [-0.25, -0.2) is 4.68 Å². The van der Waals surface area contributed by atoms with Crippen LogP contribution in [-0.2, 0) is 9.53 Å². The van der Waals surface area contributed by atoms with E-state index in [0.29, 0.717) is 12.4 Å². The lowest BCUT2D eigenvalue weighted by atomic mass is 10.3. The smallest absolute Gasteiger partial charge is 0.251 e. The average Bonchev–Trinajstić information content (AvgIpc) is 2.86. The van der Waals surface area contributed by atoms with Crippen molar-refractivity contribution in [2.24, 2.45) is 0 Å². The van der Waals surface area contributed by atoms with E-state index < -0.39 is 0 Å². The van der Waals surface area contributed by atoms with Gasteiger partial charge in [-0.15, -0.1) is 0 Å². The van der Waals surface area contributed by atoms with Gasteiger partial charge in [-0.3, -0.25) is 4.79 Å². The first-order chi connectivity index (χ1) is 8.79. The fraction of sp³-hybridized carbons (Fsp3) is 0.231. The predicted octanol–water partition coefficient (Wildman–Crippen LogP) is 1.85. The van der Waals surface area contributed by atoms with Gasteiger partial charge in [0.05, 0.1) is 5.69 Å². The normalized spacial score (nSPS) is 10.3. The lowest BCUT2D eigenvalue weighted by molar-refractivity contribution is -0.120. The first-order valence-corrected chi connectivity index (χ1v) is 5.78. The second-order valence-corrected chi connectivity index (χ2v) is 3.67. The Morgan fingerprint density at radius 3 is 2.83 bits per heavy atom. The average molecular weight is 245 g/mol. The number of amides is 1. The molecule has 1 N–H and O–H groups in total. The minimum Gasteiger partial charge on any atom is -0.372 e. The van der Waals surface area contributed by atoms with E-state index in [1.807, 2.05) is 37.3 Å². The number of para-hydroxylation sites is 1. The molecule has 0 aliphatic rings. The Bertz CT molecular complexity index is 508. The third-order valence-electron chi connectivity index (χ3n) is 2.31. The van der Waals surface area contributed by atoms with Crippen LogP contribution in [0, 0.1) is 0 Å². The molecule has 0 atom stereocenters. The lowest BCUT2D eigenvalue weighted by Crippen LogP contribution is -2.18. The summed E-state index contributed by atoms with van der Waals surface area (Å²) in [5.41, 5.74) is 0.947. The maximum Gasteiger partial charge on any atom is 0.251 e. The number of hydrogen-bond acceptors (Lipinski definition) is 3. The molecule has 0 radical (unpaired) electrons. The molecule has 2 aromatic rings. The van der Waals surface area contributed by atoms with Crippen LogP contribution in [-0.4, -0.2) is 28.9 Å². The molecule has 0 unspecified atom stereocenters. The van der Waals surface area contributed by atoms with Crippen LogP contribution in [0.3, 0.4) is 0 Å². The third kappa shape index (κ3) is 3.18. The minimum absolute atomic E-state index is 0.0503. The number of ether oxygens (including phenoxy) is 1. The second kappa shape index (κ2) is 5.97. The van der Waals surface area contributed by atoms with E-state index in [2.05, 4.69) is 10.4 Å². The molecule has 0 saturated heterocycles. The Balaban J connectivity index is 2.00. The molecule has 0 fully saturated rings. The number of carbonyl (C=O) groups is 1. The van der Waals surface area contributed by atoms with Crippen LogP contribution < -0.4 is 5.32 Å². The van der Waals surface area contributed by atoms with Crippen molar-refractivity contribution in [1.82, 2.24) is 9.78 Å². The van der Waals surface area contributed by atoms with Crippen molar-refractivity contribution >= 4 is 11.7 Å². The van der Waals surface area contributed by atoms with Crippen molar-refractivity contribution in [2.45, 2.75) is 6.92 Å². The third-order valence-corrected chi connectivity index (χ3v) is 2.31. The van der Waals surface area contributed by atoms with Gasteiger partial charge in [-0.05, 0) is 19.1 Å². The number of benzene rings is 1. The van der Waals surface area contributed by atoms with E-state index in [9.17, 15) is 4.79 Å². The van der Waals surface area contributed by atoms with E-state index in [0.717, 1.165) is 5.69 Å². The Morgan fingerprint density at radius 2 is 2.11 bits per heavy atom. The van der Waals surface area contributed by atoms with Crippen molar-refractivity contribution in [3.8, 4) is 5.69 Å². The summed E-state index contributed by atoms with van der Waals surface area (Å²) in [5.74, 6) is 0.318. The van der Waals surface area contributed by atoms with Crippen LogP contribution in [0.1, 0.15) is 6.92 Å². The summed E-state index contributed by atoms with van der Waals surface area (Å²) in [7, 11) is 0. The van der Waals surface area contributed by atoms with Crippen LogP contribution >= 0.6 is 0 Å². The van der Waals surface area contributed by atoms with Crippen LogP contribution in [0.25, 0.3) is 5.69 Å². The number of aromatic nitrogens is 2. The highest BCUT2D eigenvalue weighted by Crippen LogP contribution is 2.09.